The first-order chi connectivity index (χ1) is 21.0. The molecule has 0 nitrogen and oxygen atoms in total. The molecule has 3 aliphatic rings. The standard InChI is InChI=1S/C28H37Si2.C13H10.2ClH.Zr/c1-9-20-15-16-23-22(17-20)18-24-26(23)25(29(3,4)5)19-28(10-2,30(6,7)8)27(24)21-13-11-12-14-21;1-3-7-12(8-4-1)11-13-9-5-2-6-10-13;;;/h11-13,15-17,19H,9-10,14H2,1-8H3;1-10H;2*1H;/q;;;;+2/p-2. The quantitative estimate of drug-likeness (QED) is 0.310. The van der Waals surface area contributed by atoms with E-state index in [0.717, 1.165) is 12.8 Å². The van der Waals surface area contributed by atoms with Crippen LogP contribution in [0.2, 0.25) is 44.3 Å². The Bertz CT molecular complexity index is 1860. The van der Waals surface area contributed by atoms with Gasteiger partial charge in [0.15, 0.2) is 0 Å². The summed E-state index contributed by atoms with van der Waals surface area (Å²) in [4.78, 5) is 0. The van der Waals surface area contributed by atoms with Gasteiger partial charge in [-0.05, 0) is 0 Å². The zero-order valence-corrected chi connectivity index (χ0v) is 34.7. The molecule has 0 spiro atoms. The van der Waals surface area contributed by atoms with E-state index in [-0.39, 0.29) is 29.9 Å². The summed E-state index contributed by atoms with van der Waals surface area (Å²) in [5, 5.41) is 4.86. The maximum atomic E-state index is 2.86. The molecule has 0 saturated heterocycles. The number of rotatable bonds is 8. The molecule has 237 valence electrons. The average Bonchev–Trinajstić information content (AvgIpc) is 3.65. The molecular formula is C41H47Cl2Si2Zr. The molecule has 0 fully saturated rings. The summed E-state index contributed by atoms with van der Waals surface area (Å²) >= 11 is -1.32. The molecule has 5 heteroatoms. The Hall–Kier alpha value is -1.87. The van der Waals surface area contributed by atoms with Crippen LogP contribution in [0.15, 0.2) is 125 Å². The molecule has 0 bridgehead atoms. The van der Waals surface area contributed by atoms with E-state index in [9.17, 15) is 0 Å². The second-order valence-corrected chi connectivity index (χ2v) is 28.2. The minimum atomic E-state index is -1.73. The molecule has 0 radical (unpaired) electrons. The van der Waals surface area contributed by atoms with Crippen molar-refractivity contribution in [2.75, 3.05) is 0 Å². The Morgan fingerprint density at radius 2 is 1.37 bits per heavy atom. The Balaban J connectivity index is 0.00000240. The molecule has 0 saturated carbocycles. The molecular weight excluding hydrogens is 711 g/mol. The number of aryl methyl sites for hydroxylation is 1. The molecule has 0 aliphatic heterocycles. The molecule has 46 heavy (non-hydrogen) atoms. The Labute approximate surface area is 303 Å². The third-order valence-electron chi connectivity index (χ3n) is 10.1. The normalized spacial score (nSPS) is 18.6. The van der Waals surface area contributed by atoms with Crippen LogP contribution in [-0.2, 0) is 29.2 Å². The van der Waals surface area contributed by atoms with Crippen LogP contribution in [0.4, 0.5) is 0 Å². The fraction of sp³-hybridized carbons (Fsp3) is 0.293. The van der Waals surface area contributed by atoms with Crippen molar-refractivity contribution in [3.63, 3.8) is 0 Å². The predicted octanol–water partition coefficient (Wildman–Crippen LogP) is 3.37. The van der Waals surface area contributed by atoms with Crippen molar-refractivity contribution >= 4 is 28.2 Å². The van der Waals surface area contributed by atoms with E-state index in [4.69, 9.17) is 0 Å². The first-order valence-electron chi connectivity index (χ1n) is 16.5. The van der Waals surface area contributed by atoms with Crippen molar-refractivity contribution in [3.8, 4) is 0 Å². The fourth-order valence-electron chi connectivity index (χ4n) is 7.62. The van der Waals surface area contributed by atoms with E-state index in [0.29, 0.717) is 0 Å². The minimum Gasteiger partial charge on any atom is -1.00 e. The van der Waals surface area contributed by atoms with Crippen LogP contribution in [0.3, 0.4) is 0 Å². The number of fused-ring (bicyclic) bond motifs is 2. The van der Waals surface area contributed by atoms with E-state index in [2.05, 4.69) is 156 Å². The summed E-state index contributed by atoms with van der Waals surface area (Å²) in [5.41, 5.74) is 10.8. The zero-order chi connectivity index (χ0) is 31.3. The van der Waals surface area contributed by atoms with Crippen molar-refractivity contribution in [2.24, 2.45) is 0 Å². The van der Waals surface area contributed by atoms with Crippen LogP contribution in [0.1, 0.15) is 43.4 Å². The fourth-order valence-corrected chi connectivity index (χ4v) is 16.0. The van der Waals surface area contributed by atoms with Crippen LogP contribution in [0, 0.1) is 0 Å². The molecule has 0 N–H and O–H groups in total. The monoisotopic (exact) mass is 755 g/mol. The Morgan fingerprint density at radius 1 is 0.761 bits per heavy atom. The van der Waals surface area contributed by atoms with Crippen molar-refractivity contribution in [1.29, 1.82) is 0 Å². The van der Waals surface area contributed by atoms with Gasteiger partial charge in [0, 0.05) is 0 Å². The largest absolute Gasteiger partial charge is 1.00 e. The van der Waals surface area contributed by atoms with Crippen molar-refractivity contribution in [1.82, 2.24) is 0 Å². The Kier molecular flexibility index (Phi) is 11.5. The topological polar surface area (TPSA) is 0 Å². The van der Waals surface area contributed by atoms with Crippen molar-refractivity contribution in [3.05, 3.63) is 152 Å². The van der Waals surface area contributed by atoms with Gasteiger partial charge in [0.05, 0.1) is 0 Å². The van der Waals surface area contributed by atoms with Crippen LogP contribution in [0.25, 0.3) is 8.85 Å². The smallest absolute Gasteiger partial charge is 1.00 e. The van der Waals surface area contributed by atoms with E-state index in [1.165, 1.54) is 28.3 Å². The van der Waals surface area contributed by atoms with Gasteiger partial charge < -0.3 is 24.8 Å². The van der Waals surface area contributed by atoms with Crippen LogP contribution >= 0.6 is 0 Å². The summed E-state index contributed by atoms with van der Waals surface area (Å²) in [5.74, 6) is 0. The summed E-state index contributed by atoms with van der Waals surface area (Å²) < 4.78 is 3.29. The second kappa shape index (κ2) is 14.3. The van der Waals surface area contributed by atoms with Gasteiger partial charge in [-0.2, -0.15) is 0 Å². The third kappa shape index (κ3) is 6.45. The number of halogens is 2. The van der Waals surface area contributed by atoms with Gasteiger partial charge >= 0.3 is 281 Å². The van der Waals surface area contributed by atoms with Gasteiger partial charge in [0.25, 0.3) is 0 Å². The maximum absolute atomic E-state index is 2.86. The predicted molar refractivity (Wildman–Crippen MR) is 195 cm³/mol. The molecule has 0 aromatic heterocycles. The van der Waals surface area contributed by atoms with Crippen LogP contribution in [0.5, 0.6) is 0 Å². The summed E-state index contributed by atoms with van der Waals surface area (Å²) in [7, 11) is -3.44. The first kappa shape index (κ1) is 37.0. The molecule has 3 aromatic rings. The van der Waals surface area contributed by atoms with Gasteiger partial charge in [-0.1, -0.05) is 0 Å². The average molecular weight is 758 g/mol. The third-order valence-corrected chi connectivity index (χ3v) is 19.4. The Morgan fingerprint density at radius 3 is 1.85 bits per heavy atom. The summed E-state index contributed by atoms with van der Waals surface area (Å²) in [6.45, 7) is 20.4. The number of hydrogen-bond donors (Lipinski definition) is 0. The van der Waals surface area contributed by atoms with Crippen molar-refractivity contribution in [2.45, 2.75) is 77.4 Å². The van der Waals surface area contributed by atoms with E-state index in [1.54, 1.807) is 39.2 Å². The van der Waals surface area contributed by atoms with Gasteiger partial charge in [-0.3, -0.25) is 0 Å². The van der Waals surface area contributed by atoms with Crippen LogP contribution < -0.4 is 35.3 Å². The van der Waals surface area contributed by atoms with Gasteiger partial charge in [-0.25, -0.2) is 0 Å². The van der Waals surface area contributed by atoms with Crippen LogP contribution in [-0.4, -0.2) is 19.4 Å². The minimum absolute atomic E-state index is 0. The van der Waals surface area contributed by atoms with E-state index >= 15 is 0 Å². The van der Waals surface area contributed by atoms with E-state index in [1.807, 2.05) is 0 Å². The van der Waals surface area contributed by atoms with E-state index < -0.39 is 38.9 Å². The zero-order valence-electron chi connectivity index (χ0n) is 28.7. The van der Waals surface area contributed by atoms with Gasteiger partial charge in [0.2, 0.25) is 0 Å². The maximum Gasteiger partial charge on any atom is -1.00 e. The summed E-state index contributed by atoms with van der Waals surface area (Å²) in [6, 6.07) is 30.1. The first-order valence-corrected chi connectivity index (χ1v) is 25.9. The van der Waals surface area contributed by atoms with Crippen molar-refractivity contribution < 1.29 is 47.6 Å². The molecule has 1 atom stereocenters. The number of allylic oxidation sites excluding steroid dienone is 8. The molecule has 0 amide bonds. The summed E-state index contributed by atoms with van der Waals surface area (Å²) in [6.07, 6.45) is 13.3. The molecule has 0 heterocycles. The van der Waals surface area contributed by atoms with Gasteiger partial charge in [-0.15, -0.1) is 0 Å². The SMILES string of the molecule is CCc1ccc2c(c1)=[C]([Zr+2]=[C](c1ccccc1)c1ccccc1)C1=C(C3=CC=CC3)C(CC)([Si](C)(C)C)C=C([Si](C)(C)C)C=21.[Cl-].[Cl-]. The molecule has 3 aromatic carbocycles. The molecule has 1 unspecified atom stereocenters. The number of hydrogen-bond acceptors (Lipinski definition) is 0. The molecule has 6 rings (SSSR count). The second-order valence-electron chi connectivity index (χ2n) is 14.7. The molecule has 3 aliphatic carbocycles. The number of benzene rings is 3. The van der Waals surface area contributed by atoms with Gasteiger partial charge in [0.1, 0.15) is 0 Å².